The van der Waals surface area contributed by atoms with Crippen molar-refractivity contribution in [2.24, 2.45) is 0 Å². The second-order valence-corrected chi connectivity index (χ2v) is 7.59. The summed E-state index contributed by atoms with van der Waals surface area (Å²) in [6.07, 6.45) is 3.36. The molecule has 7 nitrogen and oxygen atoms in total. The Bertz CT molecular complexity index is 929. The number of nitro benzene ring substituents is 1. The summed E-state index contributed by atoms with van der Waals surface area (Å²) < 4.78 is 4.99. The van der Waals surface area contributed by atoms with Gasteiger partial charge < -0.3 is 10.1 Å². The molecule has 2 aromatic carbocycles. The second kappa shape index (κ2) is 8.88. The van der Waals surface area contributed by atoms with Gasteiger partial charge in [0.2, 0.25) is 0 Å². The summed E-state index contributed by atoms with van der Waals surface area (Å²) in [4.78, 5) is 35.2. The first-order chi connectivity index (χ1) is 13.4. The SMILES string of the molecule is Cc1ccc(NC(=O)COC(=O)CSc2ccc3c(c2)CCC3)cc1[N+](=O)[O-]. The maximum absolute atomic E-state index is 11.9. The van der Waals surface area contributed by atoms with Gasteiger partial charge in [-0.1, -0.05) is 12.1 Å². The van der Waals surface area contributed by atoms with Crippen molar-refractivity contribution in [3.8, 4) is 0 Å². The zero-order valence-electron chi connectivity index (χ0n) is 15.4. The Labute approximate surface area is 166 Å². The van der Waals surface area contributed by atoms with Crippen LogP contribution in [0.1, 0.15) is 23.1 Å². The molecular weight excluding hydrogens is 380 g/mol. The summed E-state index contributed by atoms with van der Waals surface area (Å²) in [7, 11) is 0. The third-order valence-corrected chi connectivity index (χ3v) is 5.45. The average molecular weight is 400 g/mol. The van der Waals surface area contributed by atoms with E-state index in [1.165, 1.54) is 35.4 Å². The standard InChI is InChI=1S/C20H20N2O5S/c1-13-5-7-16(10-18(13)22(25)26)21-19(23)11-27-20(24)12-28-17-8-6-14-3-2-4-15(14)9-17/h5-10H,2-4,11-12H2,1H3,(H,21,23). The van der Waals surface area contributed by atoms with Crippen molar-refractivity contribution in [1.29, 1.82) is 0 Å². The van der Waals surface area contributed by atoms with Crippen LogP contribution >= 0.6 is 11.8 Å². The summed E-state index contributed by atoms with van der Waals surface area (Å²) in [6.45, 7) is 1.18. The Morgan fingerprint density at radius 2 is 1.96 bits per heavy atom. The predicted molar refractivity (Wildman–Crippen MR) is 107 cm³/mol. The maximum atomic E-state index is 11.9. The number of ether oxygens (including phenoxy) is 1. The topological polar surface area (TPSA) is 98.5 Å². The first-order valence-electron chi connectivity index (χ1n) is 8.87. The zero-order chi connectivity index (χ0) is 20.1. The summed E-state index contributed by atoms with van der Waals surface area (Å²) in [6, 6.07) is 10.6. The number of benzene rings is 2. The number of nitro groups is 1. The van der Waals surface area contributed by atoms with Crippen molar-refractivity contribution in [3.63, 3.8) is 0 Å². The highest BCUT2D eigenvalue weighted by Crippen LogP contribution is 2.27. The van der Waals surface area contributed by atoms with Gasteiger partial charge in [0.15, 0.2) is 6.61 Å². The highest BCUT2D eigenvalue weighted by molar-refractivity contribution is 8.00. The van der Waals surface area contributed by atoms with E-state index < -0.39 is 23.4 Å². The Kier molecular flexibility index (Phi) is 6.30. The molecule has 1 aliphatic carbocycles. The van der Waals surface area contributed by atoms with Gasteiger partial charge in [0, 0.05) is 22.2 Å². The van der Waals surface area contributed by atoms with E-state index in [0.29, 0.717) is 5.56 Å². The molecule has 146 valence electrons. The van der Waals surface area contributed by atoms with Crippen LogP contribution in [0.3, 0.4) is 0 Å². The lowest BCUT2D eigenvalue weighted by atomic mass is 10.1. The molecule has 3 rings (SSSR count). The Balaban J connectivity index is 1.45. The molecule has 0 bridgehead atoms. The Morgan fingerprint density at radius 3 is 2.75 bits per heavy atom. The maximum Gasteiger partial charge on any atom is 0.316 e. The van der Waals surface area contributed by atoms with Gasteiger partial charge in [0.05, 0.1) is 10.7 Å². The van der Waals surface area contributed by atoms with E-state index in [9.17, 15) is 19.7 Å². The molecule has 0 heterocycles. The number of amides is 1. The number of aryl methyl sites for hydroxylation is 3. The third-order valence-electron chi connectivity index (χ3n) is 4.48. The van der Waals surface area contributed by atoms with Crippen LogP contribution < -0.4 is 5.32 Å². The minimum atomic E-state index is -0.547. The molecule has 0 saturated carbocycles. The molecule has 2 aromatic rings. The molecule has 0 aromatic heterocycles. The average Bonchev–Trinajstić information content (AvgIpc) is 3.14. The van der Waals surface area contributed by atoms with Crippen molar-refractivity contribution in [3.05, 3.63) is 63.2 Å². The van der Waals surface area contributed by atoms with Crippen LogP contribution in [-0.4, -0.2) is 29.2 Å². The largest absolute Gasteiger partial charge is 0.455 e. The number of anilines is 1. The number of thioether (sulfide) groups is 1. The van der Waals surface area contributed by atoms with Gasteiger partial charge in [0.25, 0.3) is 11.6 Å². The number of rotatable bonds is 7. The van der Waals surface area contributed by atoms with Crippen molar-refractivity contribution in [1.82, 2.24) is 0 Å². The Hall–Kier alpha value is -2.87. The van der Waals surface area contributed by atoms with Gasteiger partial charge in [0.1, 0.15) is 0 Å². The van der Waals surface area contributed by atoms with Crippen LogP contribution in [0.15, 0.2) is 41.3 Å². The van der Waals surface area contributed by atoms with Gasteiger partial charge in [-0.25, -0.2) is 0 Å². The van der Waals surface area contributed by atoms with E-state index in [0.717, 1.165) is 17.7 Å². The first-order valence-corrected chi connectivity index (χ1v) is 9.86. The lowest BCUT2D eigenvalue weighted by Crippen LogP contribution is -2.21. The molecule has 8 heteroatoms. The second-order valence-electron chi connectivity index (χ2n) is 6.54. The lowest BCUT2D eigenvalue weighted by molar-refractivity contribution is -0.385. The van der Waals surface area contributed by atoms with E-state index in [-0.39, 0.29) is 17.1 Å². The first kappa shape index (κ1) is 19.9. The highest BCUT2D eigenvalue weighted by atomic mass is 32.2. The van der Waals surface area contributed by atoms with Crippen molar-refractivity contribution in [2.45, 2.75) is 31.1 Å². The van der Waals surface area contributed by atoms with Gasteiger partial charge in [-0.3, -0.25) is 19.7 Å². The molecule has 1 amide bonds. The van der Waals surface area contributed by atoms with Gasteiger partial charge in [-0.15, -0.1) is 11.8 Å². The number of hydrogen-bond donors (Lipinski definition) is 1. The van der Waals surface area contributed by atoms with E-state index in [1.54, 1.807) is 19.1 Å². The molecule has 0 saturated heterocycles. The van der Waals surface area contributed by atoms with E-state index in [4.69, 9.17) is 4.74 Å². The number of esters is 1. The molecule has 0 fully saturated rings. The van der Waals surface area contributed by atoms with E-state index in [1.807, 2.05) is 6.07 Å². The predicted octanol–water partition coefficient (Wildman–Crippen LogP) is 3.67. The molecule has 0 unspecified atom stereocenters. The fourth-order valence-corrected chi connectivity index (χ4v) is 3.81. The van der Waals surface area contributed by atoms with Crippen molar-refractivity contribution < 1.29 is 19.2 Å². The zero-order valence-corrected chi connectivity index (χ0v) is 16.2. The third kappa shape index (κ3) is 5.10. The summed E-state index contributed by atoms with van der Waals surface area (Å²) in [5.41, 5.74) is 3.41. The summed E-state index contributed by atoms with van der Waals surface area (Å²) >= 11 is 1.38. The molecule has 1 N–H and O–H groups in total. The van der Waals surface area contributed by atoms with Crippen LogP contribution in [0.2, 0.25) is 0 Å². The molecule has 0 radical (unpaired) electrons. The minimum absolute atomic E-state index is 0.0828. The fourth-order valence-electron chi connectivity index (χ4n) is 3.05. The number of carbonyl (C=O) groups excluding carboxylic acids is 2. The smallest absolute Gasteiger partial charge is 0.316 e. The molecular formula is C20H20N2O5S. The molecule has 0 atom stereocenters. The van der Waals surface area contributed by atoms with Crippen molar-refractivity contribution >= 4 is 35.0 Å². The number of hydrogen-bond acceptors (Lipinski definition) is 6. The quantitative estimate of drug-likeness (QED) is 0.330. The monoisotopic (exact) mass is 400 g/mol. The summed E-state index contributed by atoms with van der Waals surface area (Å²) in [5.74, 6) is -0.924. The van der Waals surface area contributed by atoms with Crippen molar-refractivity contribution in [2.75, 3.05) is 17.7 Å². The molecule has 0 aliphatic heterocycles. The normalized spacial score (nSPS) is 12.3. The summed E-state index contributed by atoms with van der Waals surface area (Å²) in [5, 5.41) is 13.4. The van der Waals surface area contributed by atoms with Crippen LogP contribution in [0, 0.1) is 17.0 Å². The van der Waals surface area contributed by atoms with Gasteiger partial charge in [-0.2, -0.15) is 0 Å². The Morgan fingerprint density at radius 1 is 1.18 bits per heavy atom. The van der Waals surface area contributed by atoms with Crippen LogP contribution in [0.25, 0.3) is 0 Å². The number of carbonyl (C=O) groups is 2. The van der Waals surface area contributed by atoms with Crippen LogP contribution in [0.4, 0.5) is 11.4 Å². The molecule has 0 spiro atoms. The number of nitrogens with one attached hydrogen (secondary N) is 1. The van der Waals surface area contributed by atoms with Gasteiger partial charge >= 0.3 is 5.97 Å². The molecule has 1 aliphatic rings. The molecule has 28 heavy (non-hydrogen) atoms. The van der Waals surface area contributed by atoms with Gasteiger partial charge in [-0.05, 0) is 55.5 Å². The van der Waals surface area contributed by atoms with Crippen LogP contribution in [0.5, 0.6) is 0 Å². The minimum Gasteiger partial charge on any atom is -0.455 e. The van der Waals surface area contributed by atoms with E-state index in [2.05, 4.69) is 17.4 Å². The highest BCUT2D eigenvalue weighted by Gasteiger charge is 2.14. The van der Waals surface area contributed by atoms with E-state index >= 15 is 0 Å². The fraction of sp³-hybridized carbons (Fsp3) is 0.300. The number of nitrogens with zero attached hydrogens (tertiary/aromatic N) is 1. The number of fused-ring (bicyclic) bond motifs is 1. The lowest BCUT2D eigenvalue weighted by Gasteiger charge is -2.08. The van der Waals surface area contributed by atoms with Crippen LogP contribution in [-0.2, 0) is 27.2 Å².